The molecule has 0 spiro atoms. The van der Waals surface area contributed by atoms with Gasteiger partial charge in [-0.2, -0.15) is 0 Å². The van der Waals surface area contributed by atoms with Crippen LogP contribution in [0.5, 0.6) is 17.2 Å². The molecule has 0 bridgehead atoms. The van der Waals surface area contributed by atoms with Gasteiger partial charge in [0.1, 0.15) is 6.61 Å². The first-order valence-electron chi connectivity index (χ1n) is 7.74. The van der Waals surface area contributed by atoms with Crippen LogP contribution in [0.3, 0.4) is 0 Å². The highest BCUT2D eigenvalue weighted by Crippen LogP contribution is 2.29. The average Bonchev–Trinajstić information content (AvgIpc) is 2.65. The summed E-state index contributed by atoms with van der Waals surface area (Å²) in [6, 6.07) is 10.7. The predicted molar refractivity (Wildman–Crippen MR) is 96.2 cm³/mol. The van der Waals surface area contributed by atoms with Crippen molar-refractivity contribution in [3.8, 4) is 29.1 Å². The molecule has 2 amide bonds. The van der Waals surface area contributed by atoms with Gasteiger partial charge in [-0.05, 0) is 24.3 Å². The summed E-state index contributed by atoms with van der Waals surface area (Å²) < 4.78 is 28.8. The van der Waals surface area contributed by atoms with Crippen LogP contribution in [0.15, 0.2) is 42.5 Å². The topological polar surface area (TPSA) is 68.8 Å². The molecule has 26 heavy (non-hydrogen) atoms. The maximum absolute atomic E-state index is 13.3. The first-order chi connectivity index (χ1) is 12.6. The molecule has 6 nitrogen and oxygen atoms in total. The molecular formula is C19H19FN2O4. The number of anilines is 1. The van der Waals surface area contributed by atoms with Gasteiger partial charge < -0.3 is 24.8 Å². The Balaban J connectivity index is 1.75. The van der Waals surface area contributed by atoms with Crippen molar-refractivity contribution in [3.63, 3.8) is 0 Å². The molecule has 2 aromatic rings. The van der Waals surface area contributed by atoms with Gasteiger partial charge in [-0.3, -0.25) is 0 Å². The van der Waals surface area contributed by atoms with Crippen molar-refractivity contribution in [2.45, 2.75) is 0 Å². The summed E-state index contributed by atoms with van der Waals surface area (Å²) in [7, 11) is 3.05. The van der Waals surface area contributed by atoms with Crippen molar-refractivity contribution >= 4 is 11.7 Å². The molecule has 0 fully saturated rings. The van der Waals surface area contributed by atoms with Crippen LogP contribution < -0.4 is 24.8 Å². The van der Waals surface area contributed by atoms with E-state index in [1.807, 2.05) is 0 Å². The van der Waals surface area contributed by atoms with Crippen LogP contribution in [0.2, 0.25) is 0 Å². The van der Waals surface area contributed by atoms with Gasteiger partial charge in [-0.1, -0.05) is 24.0 Å². The number of methoxy groups -OCH3 is 2. The Morgan fingerprint density at radius 1 is 1.04 bits per heavy atom. The summed E-state index contributed by atoms with van der Waals surface area (Å²) in [6.07, 6.45) is 0. The van der Waals surface area contributed by atoms with Crippen LogP contribution in [0, 0.1) is 17.7 Å². The van der Waals surface area contributed by atoms with Gasteiger partial charge in [0.05, 0.1) is 20.8 Å². The number of ether oxygens (including phenoxy) is 3. The number of urea groups is 1. The number of benzene rings is 2. The van der Waals surface area contributed by atoms with Gasteiger partial charge in [0.2, 0.25) is 0 Å². The van der Waals surface area contributed by atoms with E-state index in [2.05, 4.69) is 22.5 Å². The van der Waals surface area contributed by atoms with E-state index in [-0.39, 0.29) is 18.9 Å². The zero-order valence-electron chi connectivity index (χ0n) is 14.5. The van der Waals surface area contributed by atoms with Crippen molar-refractivity contribution in [2.24, 2.45) is 0 Å². The van der Waals surface area contributed by atoms with E-state index < -0.39 is 11.8 Å². The first kappa shape index (κ1) is 18.9. The number of halogens is 1. The van der Waals surface area contributed by atoms with Crippen molar-refractivity contribution in [1.82, 2.24) is 5.32 Å². The van der Waals surface area contributed by atoms with Gasteiger partial charge in [0.15, 0.2) is 23.1 Å². The Kier molecular flexibility index (Phi) is 7.13. The first-order valence-corrected chi connectivity index (χ1v) is 7.74. The van der Waals surface area contributed by atoms with E-state index in [9.17, 15) is 9.18 Å². The molecule has 0 aliphatic carbocycles. The average molecular weight is 358 g/mol. The van der Waals surface area contributed by atoms with E-state index in [1.54, 1.807) is 30.3 Å². The highest BCUT2D eigenvalue weighted by molar-refractivity contribution is 5.89. The number of amides is 2. The summed E-state index contributed by atoms with van der Waals surface area (Å²) in [5.41, 5.74) is 0.552. The lowest BCUT2D eigenvalue weighted by molar-refractivity contribution is 0.253. The molecule has 0 saturated heterocycles. The highest BCUT2D eigenvalue weighted by atomic mass is 19.1. The second-order valence-electron chi connectivity index (χ2n) is 4.95. The smallest absolute Gasteiger partial charge is 0.319 e. The molecule has 0 aliphatic rings. The summed E-state index contributed by atoms with van der Waals surface area (Å²) in [5, 5.41) is 5.24. The lowest BCUT2D eigenvalue weighted by Gasteiger charge is -2.10. The van der Waals surface area contributed by atoms with Crippen LogP contribution in [0.4, 0.5) is 14.9 Å². The molecule has 2 rings (SSSR count). The van der Waals surface area contributed by atoms with E-state index in [0.29, 0.717) is 17.2 Å². The maximum atomic E-state index is 13.3. The fraction of sp³-hybridized carbons (Fsp3) is 0.211. The van der Waals surface area contributed by atoms with Gasteiger partial charge in [0, 0.05) is 11.8 Å². The minimum absolute atomic E-state index is 0.0277. The molecule has 0 radical (unpaired) electrons. The number of para-hydroxylation sites is 1. The van der Waals surface area contributed by atoms with Crippen LogP contribution in [-0.2, 0) is 0 Å². The predicted octanol–water partition coefficient (Wildman–Crippen LogP) is 3.05. The van der Waals surface area contributed by atoms with E-state index in [4.69, 9.17) is 14.2 Å². The fourth-order valence-corrected chi connectivity index (χ4v) is 2.00. The molecular weight excluding hydrogens is 339 g/mol. The molecule has 0 saturated carbocycles. The number of carbonyl (C=O) groups excluding carboxylic acids is 1. The van der Waals surface area contributed by atoms with Crippen molar-refractivity contribution in [2.75, 3.05) is 32.7 Å². The van der Waals surface area contributed by atoms with Crippen LogP contribution in [0.1, 0.15) is 0 Å². The molecule has 0 aliphatic heterocycles. The molecule has 136 valence electrons. The lowest BCUT2D eigenvalue weighted by atomic mass is 10.3. The standard InChI is InChI=1S/C19H19FN2O4/c1-24-17-10-9-14(13-18(17)25-2)22-19(23)21-11-5-6-12-26-16-8-4-3-7-15(16)20/h3-4,7-10,13H,11-12H2,1-2H3,(H2,21,22,23). The Morgan fingerprint density at radius 3 is 2.54 bits per heavy atom. The van der Waals surface area contributed by atoms with Gasteiger partial charge >= 0.3 is 6.03 Å². The number of rotatable bonds is 6. The van der Waals surface area contributed by atoms with Crippen molar-refractivity contribution < 1.29 is 23.4 Å². The van der Waals surface area contributed by atoms with Crippen molar-refractivity contribution in [3.05, 3.63) is 48.3 Å². The zero-order chi connectivity index (χ0) is 18.8. The third kappa shape index (κ3) is 5.60. The molecule has 7 heteroatoms. The SMILES string of the molecule is COc1ccc(NC(=O)NCC#CCOc2ccccc2F)cc1OC. The number of hydrogen-bond acceptors (Lipinski definition) is 4. The Morgan fingerprint density at radius 2 is 1.81 bits per heavy atom. The summed E-state index contributed by atoms with van der Waals surface area (Å²) in [6.45, 7) is 0.152. The summed E-state index contributed by atoms with van der Waals surface area (Å²) >= 11 is 0. The van der Waals surface area contributed by atoms with Gasteiger partial charge in [-0.15, -0.1) is 0 Å². The third-order valence-corrected chi connectivity index (χ3v) is 3.24. The monoisotopic (exact) mass is 358 g/mol. The Labute approximate surface area is 151 Å². The number of carbonyl (C=O) groups is 1. The normalized spacial score (nSPS) is 9.50. The summed E-state index contributed by atoms with van der Waals surface area (Å²) in [5.74, 6) is 6.19. The largest absolute Gasteiger partial charge is 0.493 e. The minimum atomic E-state index is -0.443. The Bertz CT molecular complexity index is 815. The second-order valence-corrected chi connectivity index (χ2v) is 4.95. The molecule has 0 unspecified atom stereocenters. The van der Waals surface area contributed by atoms with Gasteiger partial charge in [-0.25, -0.2) is 9.18 Å². The molecule has 0 aromatic heterocycles. The molecule has 2 N–H and O–H groups in total. The van der Waals surface area contributed by atoms with E-state index >= 15 is 0 Å². The van der Waals surface area contributed by atoms with Gasteiger partial charge in [0.25, 0.3) is 0 Å². The fourth-order valence-electron chi connectivity index (χ4n) is 2.00. The minimum Gasteiger partial charge on any atom is -0.493 e. The third-order valence-electron chi connectivity index (χ3n) is 3.24. The number of nitrogens with one attached hydrogen (secondary N) is 2. The van der Waals surface area contributed by atoms with E-state index in [0.717, 1.165) is 0 Å². The number of hydrogen-bond donors (Lipinski definition) is 2. The molecule has 0 atom stereocenters. The van der Waals surface area contributed by atoms with Crippen molar-refractivity contribution in [1.29, 1.82) is 0 Å². The van der Waals surface area contributed by atoms with Crippen LogP contribution in [-0.4, -0.2) is 33.4 Å². The van der Waals surface area contributed by atoms with Crippen LogP contribution in [0.25, 0.3) is 0 Å². The maximum Gasteiger partial charge on any atom is 0.319 e. The second kappa shape index (κ2) is 9.79. The highest BCUT2D eigenvalue weighted by Gasteiger charge is 2.06. The summed E-state index contributed by atoms with van der Waals surface area (Å²) in [4.78, 5) is 11.8. The quantitative estimate of drug-likeness (QED) is 0.779. The van der Waals surface area contributed by atoms with E-state index in [1.165, 1.54) is 26.4 Å². The molecule has 2 aromatic carbocycles. The molecule has 0 heterocycles. The Hall–Kier alpha value is -3.40. The van der Waals surface area contributed by atoms with Crippen LogP contribution >= 0.6 is 0 Å². The lowest BCUT2D eigenvalue weighted by Crippen LogP contribution is -2.28. The zero-order valence-corrected chi connectivity index (χ0v) is 14.5.